The molecule has 0 saturated carbocycles. The topological polar surface area (TPSA) is 58.4 Å². The van der Waals surface area contributed by atoms with Gasteiger partial charge in [-0.15, -0.1) is 0 Å². The summed E-state index contributed by atoms with van der Waals surface area (Å²) in [5.41, 5.74) is 0. The second kappa shape index (κ2) is 6.02. The van der Waals surface area contributed by atoms with Gasteiger partial charge in [0.1, 0.15) is 0 Å². The molecule has 2 aromatic rings. The lowest BCUT2D eigenvalue weighted by Crippen LogP contribution is -2.49. The van der Waals surface area contributed by atoms with Crippen molar-refractivity contribution in [2.45, 2.75) is 4.90 Å². The standard InChI is InChI=1S/C14H17BrN4O2S/c1-17-7-6-16-14(17)18-8-10-19(11-9-18)22(20,21)13-4-2-12(15)3-5-13/h2-7H,8-11H2,1H3. The Labute approximate surface area is 138 Å². The highest BCUT2D eigenvalue weighted by Crippen LogP contribution is 2.21. The van der Waals surface area contributed by atoms with E-state index < -0.39 is 10.0 Å². The summed E-state index contributed by atoms with van der Waals surface area (Å²) in [4.78, 5) is 6.75. The number of aryl methyl sites for hydroxylation is 1. The number of aromatic nitrogens is 2. The van der Waals surface area contributed by atoms with Crippen molar-refractivity contribution in [3.05, 3.63) is 41.1 Å². The van der Waals surface area contributed by atoms with E-state index in [9.17, 15) is 8.42 Å². The van der Waals surface area contributed by atoms with Gasteiger partial charge in [0.2, 0.25) is 16.0 Å². The maximum absolute atomic E-state index is 12.6. The molecule has 0 radical (unpaired) electrons. The first-order valence-electron chi connectivity index (χ1n) is 6.96. The van der Waals surface area contributed by atoms with Crippen LogP contribution < -0.4 is 4.90 Å². The molecule has 0 aliphatic carbocycles. The molecule has 0 atom stereocenters. The summed E-state index contributed by atoms with van der Waals surface area (Å²) in [5, 5.41) is 0. The van der Waals surface area contributed by atoms with Crippen LogP contribution in [0, 0.1) is 0 Å². The Morgan fingerprint density at radius 2 is 1.73 bits per heavy atom. The number of hydrogen-bond acceptors (Lipinski definition) is 4. The van der Waals surface area contributed by atoms with Gasteiger partial charge in [0.05, 0.1) is 4.90 Å². The zero-order valence-electron chi connectivity index (χ0n) is 12.2. The van der Waals surface area contributed by atoms with Crippen LogP contribution >= 0.6 is 15.9 Å². The third-order valence-corrected chi connectivity index (χ3v) is 6.21. The van der Waals surface area contributed by atoms with Crippen LogP contribution in [0.3, 0.4) is 0 Å². The average molecular weight is 385 g/mol. The van der Waals surface area contributed by atoms with Crippen molar-refractivity contribution < 1.29 is 8.42 Å². The monoisotopic (exact) mass is 384 g/mol. The smallest absolute Gasteiger partial charge is 0.243 e. The second-order valence-electron chi connectivity index (χ2n) is 5.18. The lowest BCUT2D eigenvalue weighted by atomic mass is 10.4. The van der Waals surface area contributed by atoms with Gasteiger partial charge in [0.25, 0.3) is 0 Å². The van der Waals surface area contributed by atoms with Crippen molar-refractivity contribution in [3.8, 4) is 0 Å². The molecule has 22 heavy (non-hydrogen) atoms. The number of halogens is 1. The first-order chi connectivity index (χ1) is 10.5. The van der Waals surface area contributed by atoms with Crippen LogP contribution in [0.4, 0.5) is 5.95 Å². The lowest BCUT2D eigenvalue weighted by Gasteiger charge is -2.34. The Hall–Kier alpha value is -1.38. The summed E-state index contributed by atoms with van der Waals surface area (Å²) in [6.45, 7) is 2.21. The van der Waals surface area contributed by atoms with Gasteiger partial charge in [0.15, 0.2) is 0 Å². The van der Waals surface area contributed by atoms with Gasteiger partial charge in [-0.3, -0.25) is 0 Å². The van der Waals surface area contributed by atoms with Gasteiger partial charge in [-0.25, -0.2) is 13.4 Å². The van der Waals surface area contributed by atoms with Crippen LogP contribution in [0.15, 0.2) is 46.0 Å². The molecule has 1 aliphatic rings. The van der Waals surface area contributed by atoms with Crippen molar-refractivity contribution in [3.63, 3.8) is 0 Å². The van der Waals surface area contributed by atoms with Gasteiger partial charge in [0, 0.05) is 50.1 Å². The molecule has 1 fully saturated rings. The van der Waals surface area contributed by atoms with E-state index in [1.54, 1.807) is 30.5 Å². The molecule has 1 saturated heterocycles. The fraction of sp³-hybridized carbons (Fsp3) is 0.357. The van der Waals surface area contributed by atoms with Crippen molar-refractivity contribution in [1.82, 2.24) is 13.9 Å². The van der Waals surface area contributed by atoms with Crippen molar-refractivity contribution in [2.24, 2.45) is 7.05 Å². The van der Waals surface area contributed by atoms with E-state index >= 15 is 0 Å². The predicted octanol–water partition coefficient (Wildman–Crippen LogP) is 1.69. The quantitative estimate of drug-likeness (QED) is 0.807. The number of anilines is 1. The van der Waals surface area contributed by atoms with Crippen molar-refractivity contribution in [1.29, 1.82) is 0 Å². The first kappa shape index (κ1) is 15.5. The minimum absolute atomic E-state index is 0.334. The Morgan fingerprint density at radius 3 is 2.27 bits per heavy atom. The maximum atomic E-state index is 12.6. The first-order valence-corrected chi connectivity index (χ1v) is 9.20. The molecule has 2 heterocycles. The van der Waals surface area contributed by atoms with E-state index in [0.29, 0.717) is 31.1 Å². The molecule has 0 spiro atoms. The Balaban J connectivity index is 1.73. The second-order valence-corrected chi connectivity index (χ2v) is 8.04. The van der Waals surface area contributed by atoms with Crippen molar-refractivity contribution in [2.75, 3.05) is 31.1 Å². The zero-order chi connectivity index (χ0) is 15.7. The van der Waals surface area contributed by atoms with Crippen LogP contribution in [0.25, 0.3) is 0 Å². The fourth-order valence-electron chi connectivity index (χ4n) is 2.55. The van der Waals surface area contributed by atoms with Gasteiger partial charge in [-0.05, 0) is 24.3 Å². The Kier molecular flexibility index (Phi) is 4.24. The molecule has 0 bridgehead atoms. The Bertz CT molecular complexity index is 749. The maximum Gasteiger partial charge on any atom is 0.243 e. The summed E-state index contributed by atoms with van der Waals surface area (Å²) in [7, 11) is -1.48. The lowest BCUT2D eigenvalue weighted by molar-refractivity contribution is 0.381. The van der Waals surface area contributed by atoms with Crippen LogP contribution in [0.5, 0.6) is 0 Å². The third-order valence-electron chi connectivity index (χ3n) is 3.77. The number of piperazine rings is 1. The molecule has 6 nitrogen and oxygen atoms in total. The van der Waals surface area contributed by atoms with Gasteiger partial charge >= 0.3 is 0 Å². The highest BCUT2D eigenvalue weighted by atomic mass is 79.9. The third kappa shape index (κ3) is 2.90. The van der Waals surface area contributed by atoms with E-state index in [1.807, 2.05) is 17.8 Å². The highest BCUT2D eigenvalue weighted by molar-refractivity contribution is 9.10. The number of rotatable bonds is 3. The molecule has 1 aromatic carbocycles. The molecule has 0 N–H and O–H groups in total. The SMILES string of the molecule is Cn1ccnc1N1CCN(S(=O)(=O)c2ccc(Br)cc2)CC1. The molecule has 8 heteroatoms. The zero-order valence-corrected chi connectivity index (χ0v) is 14.6. The summed E-state index contributed by atoms with van der Waals surface area (Å²) in [5.74, 6) is 0.876. The van der Waals surface area contributed by atoms with Gasteiger partial charge in [-0.1, -0.05) is 15.9 Å². The molecule has 0 unspecified atom stereocenters. The van der Waals surface area contributed by atoms with Crippen LogP contribution in [0.1, 0.15) is 0 Å². The minimum atomic E-state index is -3.42. The normalized spacial score (nSPS) is 16.9. The predicted molar refractivity (Wildman–Crippen MR) is 88.3 cm³/mol. The van der Waals surface area contributed by atoms with Crippen LogP contribution in [-0.2, 0) is 17.1 Å². The van der Waals surface area contributed by atoms with Gasteiger partial charge in [-0.2, -0.15) is 4.31 Å². The number of sulfonamides is 1. The molecular weight excluding hydrogens is 368 g/mol. The number of imidazole rings is 1. The fourth-order valence-corrected chi connectivity index (χ4v) is 4.23. The summed E-state index contributed by atoms with van der Waals surface area (Å²) in [6.07, 6.45) is 3.64. The highest BCUT2D eigenvalue weighted by Gasteiger charge is 2.29. The van der Waals surface area contributed by atoms with E-state index in [2.05, 4.69) is 25.8 Å². The summed E-state index contributed by atoms with van der Waals surface area (Å²) in [6, 6.07) is 6.75. The van der Waals surface area contributed by atoms with E-state index in [0.717, 1.165) is 10.4 Å². The minimum Gasteiger partial charge on any atom is -0.340 e. The van der Waals surface area contributed by atoms with E-state index in [1.165, 1.54) is 4.31 Å². The molecule has 0 amide bonds. The van der Waals surface area contributed by atoms with E-state index in [4.69, 9.17) is 0 Å². The molecule has 3 rings (SSSR count). The van der Waals surface area contributed by atoms with Gasteiger partial charge < -0.3 is 9.47 Å². The summed E-state index contributed by atoms with van der Waals surface area (Å²) < 4.78 is 29.6. The number of nitrogens with zero attached hydrogens (tertiary/aromatic N) is 4. The molecule has 1 aliphatic heterocycles. The average Bonchev–Trinajstić information content (AvgIpc) is 2.94. The molecular formula is C14H17BrN4O2S. The van der Waals surface area contributed by atoms with E-state index in [-0.39, 0.29) is 0 Å². The number of benzene rings is 1. The molecule has 118 valence electrons. The summed E-state index contributed by atoms with van der Waals surface area (Å²) >= 11 is 3.32. The largest absolute Gasteiger partial charge is 0.340 e. The Morgan fingerprint density at radius 1 is 1.09 bits per heavy atom. The van der Waals surface area contributed by atoms with Crippen molar-refractivity contribution >= 4 is 31.9 Å². The number of hydrogen-bond donors (Lipinski definition) is 0. The van der Waals surface area contributed by atoms with Crippen LogP contribution in [0.2, 0.25) is 0 Å². The molecule has 1 aromatic heterocycles. The van der Waals surface area contributed by atoms with Crippen LogP contribution in [-0.4, -0.2) is 48.5 Å².